The summed E-state index contributed by atoms with van der Waals surface area (Å²) in [6, 6.07) is 7.32. The van der Waals surface area contributed by atoms with E-state index in [9.17, 15) is 14.4 Å². The Kier molecular flexibility index (Phi) is 6.97. The van der Waals surface area contributed by atoms with E-state index in [0.717, 1.165) is 12.1 Å². The van der Waals surface area contributed by atoms with E-state index in [0.29, 0.717) is 37.6 Å². The number of carbonyl (C=O) groups is 3. The first-order chi connectivity index (χ1) is 13.9. The van der Waals surface area contributed by atoms with Gasteiger partial charge in [-0.3, -0.25) is 9.59 Å². The number of carbonyl (C=O) groups excluding carboxylic acids is 2. The van der Waals surface area contributed by atoms with Crippen molar-refractivity contribution in [2.24, 2.45) is 0 Å². The fourth-order valence-electron chi connectivity index (χ4n) is 3.60. The van der Waals surface area contributed by atoms with Crippen LogP contribution in [0.15, 0.2) is 24.3 Å². The molecule has 2 aliphatic heterocycles. The normalized spacial score (nSPS) is 22.1. The maximum absolute atomic E-state index is 12.7. The van der Waals surface area contributed by atoms with Crippen LogP contribution < -0.4 is 10.2 Å². The van der Waals surface area contributed by atoms with E-state index in [2.05, 4.69) is 10.2 Å². The molecule has 1 aromatic rings. The van der Waals surface area contributed by atoms with Gasteiger partial charge in [-0.1, -0.05) is 37.1 Å². The number of benzene rings is 1. The summed E-state index contributed by atoms with van der Waals surface area (Å²) in [4.78, 5) is 39.7. The summed E-state index contributed by atoms with van der Waals surface area (Å²) in [7, 11) is 0. The number of aliphatic carboxylic acids is 1. The van der Waals surface area contributed by atoms with Crippen molar-refractivity contribution in [1.29, 1.82) is 0 Å². The Balaban J connectivity index is 1.50. The van der Waals surface area contributed by atoms with Gasteiger partial charge in [-0.15, -0.1) is 0 Å². The lowest BCUT2D eigenvalue weighted by atomic mass is 10.1. The fourth-order valence-corrected chi connectivity index (χ4v) is 3.86. The Morgan fingerprint density at radius 3 is 2.48 bits per heavy atom. The molecule has 2 N–H and O–H groups in total. The SMILES string of the molecule is CCCC(CC(=O)N1CCN(c2ccccc2Cl)CC1)NC(=O)[C@H]1O[C@@H]1C(=O)O. The molecule has 1 unspecified atom stereocenters. The smallest absolute Gasteiger partial charge is 0.336 e. The highest BCUT2D eigenvalue weighted by atomic mass is 35.5. The van der Waals surface area contributed by atoms with Crippen LogP contribution in [0.1, 0.15) is 26.2 Å². The third-order valence-electron chi connectivity index (χ3n) is 5.22. The number of carboxylic acids is 1. The van der Waals surface area contributed by atoms with E-state index >= 15 is 0 Å². The monoisotopic (exact) mass is 423 g/mol. The number of epoxide rings is 1. The van der Waals surface area contributed by atoms with Crippen LogP contribution in [-0.2, 0) is 19.1 Å². The minimum Gasteiger partial charge on any atom is -0.479 e. The van der Waals surface area contributed by atoms with Gasteiger partial charge in [0, 0.05) is 38.6 Å². The fraction of sp³-hybridized carbons (Fsp3) is 0.550. The molecule has 2 heterocycles. The maximum Gasteiger partial charge on any atom is 0.336 e. The highest BCUT2D eigenvalue weighted by Crippen LogP contribution is 2.26. The molecule has 9 heteroatoms. The number of nitrogens with zero attached hydrogens (tertiary/aromatic N) is 2. The van der Waals surface area contributed by atoms with Crippen LogP contribution in [0.2, 0.25) is 5.02 Å². The highest BCUT2D eigenvalue weighted by Gasteiger charge is 2.51. The van der Waals surface area contributed by atoms with Gasteiger partial charge in [-0.2, -0.15) is 0 Å². The lowest BCUT2D eigenvalue weighted by Gasteiger charge is -2.37. The van der Waals surface area contributed by atoms with Gasteiger partial charge in [0.05, 0.1) is 10.7 Å². The molecule has 2 aliphatic rings. The van der Waals surface area contributed by atoms with Crippen LogP contribution in [0.4, 0.5) is 5.69 Å². The number of para-hydroxylation sites is 1. The zero-order chi connectivity index (χ0) is 21.0. The predicted octanol–water partition coefficient (Wildman–Crippen LogP) is 1.52. The van der Waals surface area contributed by atoms with Crippen molar-refractivity contribution in [3.05, 3.63) is 29.3 Å². The molecule has 0 bridgehead atoms. The lowest BCUT2D eigenvalue weighted by molar-refractivity contribution is -0.138. The summed E-state index contributed by atoms with van der Waals surface area (Å²) in [5.74, 6) is -1.63. The number of rotatable bonds is 8. The molecule has 2 saturated heterocycles. The molecule has 0 aliphatic carbocycles. The Bertz CT molecular complexity index is 766. The Hall–Kier alpha value is -2.32. The number of hydrogen-bond acceptors (Lipinski definition) is 5. The van der Waals surface area contributed by atoms with Gasteiger partial charge in [0.15, 0.2) is 12.2 Å². The first-order valence-corrected chi connectivity index (χ1v) is 10.2. The largest absolute Gasteiger partial charge is 0.479 e. The number of halogens is 1. The number of amides is 2. The molecule has 0 radical (unpaired) electrons. The van der Waals surface area contributed by atoms with Gasteiger partial charge in [-0.25, -0.2) is 4.79 Å². The van der Waals surface area contributed by atoms with Crippen LogP contribution in [0, 0.1) is 0 Å². The van der Waals surface area contributed by atoms with Gasteiger partial charge in [-0.05, 0) is 18.6 Å². The summed E-state index contributed by atoms with van der Waals surface area (Å²) in [6.45, 7) is 4.53. The topological polar surface area (TPSA) is 102 Å². The number of piperazine rings is 1. The molecule has 2 amide bonds. The standard InChI is InChI=1S/C20H26ClN3O5/c1-2-5-13(22-19(26)17-18(29-17)20(27)28)12-16(25)24-10-8-23(9-11-24)15-7-4-3-6-14(15)21/h3-4,6-7,13,17-18H,2,5,8-12H2,1H3,(H,22,26)(H,27,28)/t13?,17-,18-/m0/s1. The Morgan fingerprint density at radius 2 is 1.90 bits per heavy atom. The van der Waals surface area contributed by atoms with Gasteiger partial charge in [0.2, 0.25) is 5.91 Å². The molecule has 0 spiro atoms. The summed E-state index contributed by atoms with van der Waals surface area (Å²) < 4.78 is 4.88. The third-order valence-corrected chi connectivity index (χ3v) is 5.54. The molecule has 0 saturated carbocycles. The molecular weight excluding hydrogens is 398 g/mol. The van der Waals surface area contributed by atoms with E-state index in [1.165, 1.54) is 0 Å². The second-order valence-corrected chi connectivity index (χ2v) is 7.74. The molecule has 3 rings (SSSR count). The third kappa shape index (κ3) is 5.39. The van der Waals surface area contributed by atoms with Crippen molar-refractivity contribution in [2.45, 2.75) is 44.4 Å². The second kappa shape index (κ2) is 9.45. The quantitative estimate of drug-likeness (QED) is 0.614. The summed E-state index contributed by atoms with van der Waals surface area (Å²) in [5, 5.41) is 12.3. The molecular formula is C20H26ClN3O5. The molecule has 3 atom stereocenters. The van der Waals surface area contributed by atoms with Gasteiger partial charge in [0.1, 0.15) is 0 Å². The number of hydrogen-bond donors (Lipinski definition) is 2. The average molecular weight is 424 g/mol. The van der Waals surface area contributed by atoms with Crippen LogP contribution in [0.25, 0.3) is 0 Å². The van der Waals surface area contributed by atoms with E-state index in [1.807, 2.05) is 31.2 Å². The highest BCUT2D eigenvalue weighted by molar-refractivity contribution is 6.33. The first-order valence-electron chi connectivity index (χ1n) is 9.86. The van der Waals surface area contributed by atoms with Crippen molar-refractivity contribution in [3.63, 3.8) is 0 Å². The van der Waals surface area contributed by atoms with E-state index in [1.54, 1.807) is 4.90 Å². The van der Waals surface area contributed by atoms with Crippen molar-refractivity contribution in [3.8, 4) is 0 Å². The molecule has 1 aromatic carbocycles. The Morgan fingerprint density at radius 1 is 1.21 bits per heavy atom. The van der Waals surface area contributed by atoms with Crippen molar-refractivity contribution < 1.29 is 24.2 Å². The maximum atomic E-state index is 12.7. The zero-order valence-corrected chi connectivity index (χ0v) is 17.1. The van der Waals surface area contributed by atoms with Crippen LogP contribution in [-0.4, -0.2) is 72.2 Å². The number of nitrogens with one attached hydrogen (secondary N) is 1. The van der Waals surface area contributed by atoms with Crippen molar-refractivity contribution in [2.75, 3.05) is 31.1 Å². The van der Waals surface area contributed by atoms with Crippen molar-refractivity contribution >= 4 is 35.1 Å². The van der Waals surface area contributed by atoms with E-state index < -0.39 is 24.1 Å². The van der Waals surface area contributed by atoms with E-state index in [4.69, 9.17) is 21.4 Å². The molecule has 29 heavy (non-hydrogen) atoms. The minimum atomic E-state index is -1.15. The number of carboxylic acid groups (broad SMARTS) is 1. The number of anilines is 1. The van der Waals surface area contributed by atoms with E-state index in [-0.39, 0.29) is 18.4 Å². The number of ether oxygens (including phenoxy) is 1. The summed E-state index contributed by atoms with van der Waals surface area (Å²) >= 11 is 6.26. The molecule has 0 aromatic heterocycles. The summed E-state index contributed by atoms with van der Waals surface area (Å²) in [6.07, 6.45) is -0.406. The Labute approximate surface area is 174 Å². The molecule has 8 nitrogen and oxygen atoms in total. The molecule has 158 valence electrons. The van der Waals surface area contributed by atoms with Gasteiger partial charge >= 0.3 is 5.97 Å². The van der Waals surface area contributed by atoms with Crippen LogP contribution in [0.3, 0.4) is 0 Å². The zero-order valence-electron chi connectivity index (χ0n) is 16.3. The second-order valence-electron chi connectivity index (χ2n) is 7.33. The lowest BCUT2D eigenvalue weighted by Crippen LogP contribution is -2.50. The summed E-state index contributed by atoms with van der Waals surface area (Å²) in [5.41, 5.74) is 0.967. The van der Waals surface area contributed by atoms with Crippen LogP contribution in [0.5, 0.6) is 0 Å². The van der Waals surface area contributed by atoms with Gasteiger partial charge in [0.25, 0.3) is 5.91 Å². The van der Waals surface area contributed by atoms with Crippen molar-refractivity contribution in [1.82, 2.24) is 10.2 Å². The van der Waals surface area contributed by atoms with Crippen LogP contribution >= 0.6 is 11.6 Å². The minimum absolute atomic E-state index is 0.0194. The van der Waals surface area contributed by atoms with Gasteiger partial charge < -0.3 is 25.0 Å². The predicted molar refractivity (Wildman–Crippen MR) is 108 cm³/mol. The first kappa shape index (κ1) is 21.4. The average Bonchev–Trinajstić information content (AvgIpc) is 3.50. The molecule has 2 fully saturated rings.